The van der Waals surface area contributed by atoms with Crippen molar-refractivity contribution in [3.8, 4) is 0 Å². The Balaban J connectivity index is 1.30. The van der Waals surface area contributed by atoms with Gasteiger partial charge in [-0.05, 0) is 47.1 Å². The van der Waals surface area contributed by atoms with Crippen molar-refractivity contribution in [1.82, 2.24) is 5.32 Å². The summed E-state index contributed by atoms with van der Waals surface area (Å²) in [6.07, 6.45) is 2.74. The van der Waals surface area contributed by atoms with Gasteiger partial charge >= 0.3 is 0 Å². The summed E-state index contributed by atoms with van der Waals surface area (Å²) in [5, 5.41) is 4.20. The number of carbonyl (C=O) groups excluding carboxylic acids is 1. The lowest BCUT2D eigenvalue weighted by atomic mass is 10.0. The lowest BCUT2D eigenvalue weighted by molar-refractivity contribution is -0.122. The largest absolute Gasteiger partial charge is 0.464 e. The molecular formula is C20H17NO2. The number of amides is 1. The predicted molar refractivity (Wildman–Crippen MR) is 87.9 cm³/mol. The maximum Gasteiger partial charge on any atom is 0.224 e. The van der Waals surface area contributed by atoms with Crippen molar-refractivity contribution in [1.29, 1.82) is 0 Å². The van der Waals surface area contributed by atoms with Crippen molar-refractivity contribution in [2.75, 3.05) is 0 Å². The van der Waals surface area contributed by atoms with Crippen molar-refractivity contribution < 1.29 is 9.21 Å². The number of carbonyl (C=O) groups is 1. The zero-order valence-corrected chi connectivity index (χ0v) is 12.7. The summed E-state index contributed by atoms with van der Waals surface area (Å²) in [4.78, 5) is 12.5. The molecule has 1 saturated carbocycles. The zero-order valence-electron chi connectivity index (χ0n) is 12.7. The van der Waals surface area contributed by atoms with Gasteiger partial charge in [-0.25, -0.2) is 0 Å². The van der Waals surface area contributed by atoms with Gasteiger partial charge < -0.3 is 9.73 Å². The Labute approximate surface area is 134 Å². The second-order valence-corrected chi connectivity index (χ2v) is 6.59. The van der Waals surface area contributed by atoms with Crippen LogP contribution in [0.2, 0.25) is 0 Å². The van der Waals surface area contributed by atoms with E-state index in [0.29, 0.717) is 18.4 Å². The van der Waals surface area contributed by atoms with E-state index in [2.05, 4.69) is 29.6 Å². The van der Waals surface area contributed by atoms with Crippen LogP contribution in [0.25, 0.3) is 11.0 Å². The quantitative estimate of drug-likeness (QED) is 0.802. The summed E-state index contributed by atoms with van der Waals surface area (Å²) in [6.45, 7) is 0.563. The van der Waals surface area contributed by atoms with Crippen molar-refractivity contribution in [3.63, 3.8) is 0 Å². The van der Waals surface area contributed by atoms with Crippen LogP contribution >= 0.6 is 0 Å². The number of furan rings is 1. The molecule has 1 heterocycles. The van der Waals surface area contributed by atoms with Crippen LogP contribution in [0.15, 0.2) is 59.2 Å². The monoisotopic (exact) mass is 303 g/mol. The Kier molecular flexibility index (Phi) is 2.66. The summed E-state index contributed by atoms with van der Waals surface area (Å²) in [5.74, 6) is 1.30. The highest BCUT2D eigenvalue weighted by Crippen LogP contribution is 2.61. The van der Waals surface area contributed by atoms with E-state index in [9.17, 15) is 4.79 Å². The number of nitrogens with one attached hydrogen (secondary N) is 1. The van der Waals surface area contributed by atoms with Gasteiger partial charge in [0.25, 0.3) is 0 Å². The molecule has 0 bridgehead atoms. The van der Waals surface area contributed by atoms with Crippen LogP contribution in [-0.2, 0) is 17.8 Å². The standard InChI is InChI=1S/C20H17NO2/c22-20(19-16-10-12-4-1-2-6-15(12)18(16)19)21-11-13-5-3-7-17-14(13)8-9-23-17/h1-9,16,18-19H,10-11H2,(H,21,22). The average molecular weight is 303 g/mol. The summed E-state index contributed by atoms with van der Waals surface area (Å²) in [6, 6.07) is 16.5. The van der Waals surface area contributed by atoms with Crippen LogP contribution in [0.1, 0.15) is 22.6 Å². The first-order chi connectivity index (χ1) is 11.3. The fourth-order valence-electron chi connectivity index (χ4n) is 4.22. The highest BCUT2D eigenvalue weighted by molar-refractivity contribution is 5.86. The maximum atomic E-state index is 12.5. The highest BCUT2D eigenvalue weighted by Gasteiger charge is 2.58. The molecule has 0 radical (unpaired) electrons. The third kappa shape index (κ3) is 1.93. The molecule has 1 amide bonds. The molecule has 2 aliphatic rings. The molecular weight excluding hydrogens is 286 g/mol. The van der Waals surface area contributed by atoms with Gasteiger partial charge in [0.15, 0.2) is 0 Å². The van der Waals surface area contributed by atoms with Crippen LogP contribution in [0.5, 0.6) is 0 Å². The minimum Gasteiger partial charge on any atom is -0.464 e. The molecule has 5 rings (SSSR count). The van der Waals surface area contributed by atoms with E-state index in [1.54, 1.807) is 6.26 Å². The van der Waals surface area contributed by atoms with E-state index in [4.69, 9.17) is 4.42 Å². The first kappa shape index (κ1) is 12.9. The van der Waals surface area contributed by atoms with E-state index >= 15 is 0 Å². The summed E-state index contributed by atoms with van der Waals surface area (Å²) in [5.41, 5.74) is 4.79. The molecule has 3 heteroatoms. The van der Waals surface area contributed by atoms with E-state index < -0.39 is 0 Å². The smallest absolute Gasteiger partial charge is 0.224 e. The van der Waals surface area contributed by atoms with Gasteiger partial charge in [0, 0.05) is 17.8 Å². The number of hydrogen-bond donors (Lipinski definition) is 1. The molecule has 1 fully saturated rings. The normalized spacial score (nSPS) is 24.3. The first-order valence-corrected chi connectivity index (χ1v) is 8.13. The second kappa shape index (κ2) is 4.72. The molecule has 1 aromatic heterocycles. The minimum absolute atomic E-state index is 0.161. The van der Waals surface area contributed by atoms with E-state index in [0.717, 1.165) is 23.0 Å². The Morgan fingerprint density at radius 1 is 1.13 bits per heavy atom. The Bertz CT molecular complexity index is 911. The SMILES string of the molecule is O=C(NCc1cccc2occc12)C1C2Cc3ccccc3C21. The van der Waals surface area contributed by atoms with Gasteiger partial charge in [0.1, 0.15) is 5.58 Å². The van der Waals surface area contributed by atoms with Crippen LogP contribution in [0, 0.1) is 11.8 Å². The predicted octanol–water partition coefficient (Wildman–Crippen LogP) is 3.63. The van der Waals surface area contributed by atoms with Gasteiger partial charge in [0.2, 0.25) is 5.91 Å². The van der Waals surface area contributed by atoms with Gasteiger partial charge in [-0.3, -0.25) is 4.79 Å². The fraction of sp³-hybridized carbons (Fsp3) is 0.250. The highest BCUT2D eigenvalue weighted by atomic mass is 16.3. The first-order valence-electron chi connectivity index (χ1n) is 8.13. The van der Waals surface area contributed by atoms with Crippen LogP contribution in [0.3, 0.4) is 0 Å². The number of rotatable bonds is 3. The summed E-state index contributed by atoms with van der Waals surface area (Å²) in [7, 11) is 0. The Morgan fingerprint density at radius 3 is 3.00 bits per heavy atom. The molecule has 3 nitrogen and oxygen atoms in total. The van der Waals surface area contributed by atoms with Crippen LogP contribution < -0.4 is 5.32 Å². The molecule has 3 atom stereocenters. The molecule has 0 aliphatic heterocycles. The molecule has 0 spiro atoms. The second-order valence-electron chi connectivity index (χ2n) is 6.59. The Hall–Kier alpha value is -2.55. The topological polar surface area (TPSA) is 42.2 Å². The number of hydrogen-bond acceptors (Lipinski definition) is 2. The Morgan fingerprint density at radius 2 is 2.04 bits per heavy atom. The molecule has 3 aromatic rings. The number of fused-ring (bicyclic) bond motifs is 4. The third-order valence-electron chi connectivity index (χ3n) is 5.38. The van der Waals surface area contributed by atoms with Gasteiger partial charge in [-0.1, -0.05) is 36.4 Å². The lowest BCUT2D eigenvalue weighted by Crippen LogP contribution is -2.26. The van der Waals surface area contributed by atoms with Crippen molar-refractivity contribution in [3.05, 3.63) is 71.5 Å². The van der Waals surface area contributed by atoms with Crippen molar-refractivity contribution >= 4 is 16.9 Å². The minimum atomic E-state index is 0.161. The third-order valence-corrected chi connectivity index (χ3v) is 5.38. The van der Waals surface area contributed by atoms with Crippen LogP contribution in [0.4, 0.5) is 0 Å². The van der Waals surface area contributed by atoms with Crippen molar-refractivity contribution in [2.45, 2.75) is 18.9 Å². The fourth-order valence-corrected chi connectivity index (χ4v) is 4.22. The van der Waals surface area contributed by atoms with E-state index in [-0.39, 0.29) is 11.8 Å². The molecule has 0 saturated heterocycles. The number of benzene rings is 2. The van der Waals surface area contributed by atoms with Crippen LogP contribution in [-0.4, -0.2) is 5.91 Å². The molecule has 1 N–H and O–H groups in total. The molecule has 2 aromatic carbocycles. The molecule has 3 unspecified atom stereocenters. The lowest BCUT2D eigenvalue weighted by Gasteiger charge is -2.09. The zero-order chi connectivity index (χ0) is 15.4. The van der Waals surface area contributed by atoms with E-state index in [1.807, 2.05) is 24.3 Å². The summed E-state index contributed by atoms with van der Waals surface area (Å²) >= 11 is 0. The van der Waals surface area contributed by atoms with Gasteiger partial charge in [-0.15, -0.1) is 0 Å². The maximum absolute atomic E-state index is 12.5. The van der Waals surface area contributed by atoms with E-state index in [1.165, 1.54) is 11.1 Å². The summed E-state index contributed by atoms with van der Waals surface area (Å²) < 4.78 is 5.41. The molecule has 114 valence electrons. The van der Waals surface area contributed by atoms with Crippen molar-refractivity contribution in [2.24, 2.45) is 11.8 Å². The van der Waals surface area contributed by atoms with Gasteiger partial charge in [-0.2, -0.15) is 0 Å². The molecule has 23 heavy (non-hydrogen) atoms. The molecule has 2 aliphatic carbocycles. The van der Waals surface area contributed by atoms with Gasteiger partial charge in [0.05, 0.1) is 6.26 Å². The average Bonchev–Trinajstić information content (AvgIpc) is 2.95.